The number of aromatic nitrogens is 2. The fourth-order valence-corrected chi connectivity index (χ4v) is 7.09. The van der Waals surface area contributed by atoms with Gasteiger partial charge in [-0.2, -0.15) is 10.5 Å². The smallest absolute Gasteiger partial charge is 0.202 e. The summed E-state index contributed by atoms with van der Waals surface area (Å²) in [5.41, 5.74) is 1.77. The third kappa shape index (κ3) is 6.04. The van der Waals surface area contributed by atoms with E-state index in [1.165, 1.54) is 11.3 Å². The zero-order chi connectivity index (χ0) is 29.0. The van der Waals surface area contributed by atoms with E-state index in [0.29, 0.717) is 40.1 Å². The summed E-state index contributed by atoms with van der Waals surface area (Å²) in [5, 5.41) is 32.0. The Morgan fingerprint density at radius 3 is 2.27 bits per heavy atom. The molecule has 1 fully saturated rings. The van der Waals surface area contributed by atoms with E-state index in [1.54, 1.807) is 41.8 Å². The zero-order valence-electron chi connectivity index (χ0n) is 21.7. The van der Waals surface area contributed by atoms with Crippen molar-refractivity contribution in [3.8, 4) is 39.6 Å². The maximum Gasteiger partial charge on any atom is 0.202 e. The van der Waals surface area contributed by atoms with Crippen molar-refractivity contribution in [2.75, 3.05) is 31.2 Å². The van der Waals surface area contributed by atoms with Crippen LogP contribution in [0.15, 0.2) is 58.9 Å². The number of hydrogen-bond acceptors (Lipinski definition) is 10. The molecule has 0 unspecified atom stereocenters. The fraction of sp³-hybridized carbons (Fsp3) is 0.241. The first-order valence-corrected chi connectivity index (χ1v) is 15.7. The number of benzene rings is 2. The molecule has 12 heteroatoms. The average molecular weight is 606 g/mol. The molecule has 1 aliphatic heterocycles. The van der Waals surface area contributed by atoms with Gasteiger partial charge < -0.3 is 14.7 Å². The first-order chi connectivity index (χ1) is 19.8. The third-order valence-electron chi connectivity index (χ3n) is 6.55. The number of sulfone groups is 1. The highest BCUT2D eigenvalue weighted by Crippen LogP contribution is 2.38. The zero-order valence-corrected chi connectivity index (χ0v) is 24.1. The van der Waals surface area contributed by atoms with E-state index in [1.807, 2.05) is 23.1 Å². The molecule has 1 aliphatic rings. The molecule has 1 N–H and O–H groups in total. The summed E-state index contributed by atoms with van der Waals surface area (Å²) >= 11 is 7.29. The van der Waals surface area contributed by atoms with Crippen molar-refractivity contribution in [2.24, 2.45) is 0 Å². The molecule has 0 radical (unpaired) electrons. The van der Waals surface area contributed by atoms with Gasteiger partial charge in [-0.1, -0.05) is 35.9 Å². The van der Waals surface area contributed by atoms with E-state index in [0.717, 1.165) is 18.4 Å². The molecule has 3 heterocycles. The van der Waals surface area contributed by atoms with Gasteiger partial charge in [-0.15, -0.1) is 11.3 Å². The van der Waals surface area contributed by atoms with Crippen LogP contribution < -0.4 is 9.64 Å². The lowest BCUT2D eigenvalue weighted by atomic mass is 9.96. The Labute approximate surface area is 246 Å². The van der Waals surface area contributed by atoms with Crippen molar-refractivity contribution in [3.05, 3.63) is 75.8 Å². The second-order valence-corrected chi connectivity index (χ2v) is 12.5. The van der Waals surface area contributed by atoms with E-state index < -0.39 is 15.6 Å². The van der Waals surface area contributed by atoms with Gasteiger partial charge in [-0.05, 0) is 42.7 Å². The minimum absolute atomic E-state index is 0.110. The minimum Gasteiger partial charge on any atom is -0.491 e. The Kier molecular flexibility index (Phi) is 8.52. The molecule has 0 bridgehead atoms. The Morgan fingerprint density at radius 2 is 1.63 bits per heavy atom. The van der Waals surface area contributed by atoms with Crippen LogP contribution in [-0.2, 0) is 15.6 Å². The largest absolute Gasteiger partial charge is 0.491 e. The molecule has 0 saturated carbocycles. The van der Waals surface area contributed by atoms with Gasteiger partial charge in [0.2, 0.25) is 9.84 Å². The van der Waals surface area contributed by atoms with Crippen LogP contribution in [0.4, 0.5) is 5.82 Å². The van der Waals surface area contributed by atoms with Gasteiger partial charge in [-0.25, -0.2) is 18.4 Å². The summed E-state index contributed by atoms with van der Waals surface area (Å²) in [7, 11) is -4.16. The van der Waals surface area contributed by atoms with Crippen molar-refractivity contribution < 1.29 is 18.3 Å². The second kappa shape index (κ2) is 12.2. The Morgan fingerprint density at radius 1 is 0.976 bits per heavy atom. The van der Waals surface area contributed by atoms with Gasteiger partial charge in [-0.3, -0.25) is 0 Å². The number of thiazole rings is 1. The lowest BCUT2D eigenvalue weighted by molar-refractivity contribution is 0.201. The van der Waals surface area contributed by atoms with Crippen LogP contribution in [0.2, 0.25) is 5.02 Å². The number of ether oxygens (including phenoxy) is 1. The molecule has 0 amide bonds. The predicted molar refractivity (Wildman–Crippen MR) is 157 cm³/mol. The molecule has 208 valence electrons. The Bertz CT molecular complexity index is 1750. The number of anilines is 1. The Hall–Kier alpha value is -4.00. The molecule has 5 rings (SSSR count). The molecule has 1 saturated heterocycles. The monoisotopic (exact) mass is 605 g/mol. The molecule has 41 heavy (non-hydrogen) atoms. The molecular weight excluding hydrogens is 582 g/mol. The third-order valence-corrected chi connectivity index (χ3v) is 9.31. The molecule has 2 aromatic heterocycles. The number of nitrogens with zero attached hydrogens (tertiary/aromatic N) is 5. The van der Waals surface area contributed by atoms with Crippen molar-refractivity contribution in [1.82, 2.24) is 9.97 Å². The summed E-state index contributed by atoms with van der Waals surface area (Å²) in [4.78, 5) is 10.9. The summed E-state index contributed by atoms with van der Waals surface area (Å²) in [6.07, 6.45) is 1.76. The van der Waals surface area contributed by atoms with Crippen molar-refractivity contribution in [1.29, 1.82) is 10.5 Å². The molecule has 0 atom stereocenters. The molecule has 0 aliphatic carbocycles. The summed E-state index contributed by atoms with van der Waals surface area (Å²) in [5.74, 6) is 0.275. The number of aliphatic hydroxyl groups excluding tert-OH is 1. The van der Waals surface area contributed by atoms with Gasteiger partial charge in [0.05, 0.1) is 23.6 Å². The second-order valence-electron chi connectivity index (χ2n) is 9.29. The van der Waals surface area contributed by atoms with Crippen LogP contribution in [0.25, 0.3) is 21.7 Å². The summed E-state index contributed by atoms with van der Waals surface area (Å²) in [6, 6.07) is 17.9. The first-order valence-electron chi connectivity index (χ1n) is 12.7. The van der Waals surface area contributed by atoms with Crippen molar-refractivity contribution in [3.63, 3.8) is 0 Å². The van der Waals surface area contributed by atoms with Crippen LogP contribution >= 0.6 is 22.9 Å². The molecule has 4 aromatic rings. The van der Waals surface area contributed by atoms with Crippen molar-refractivity contribution >= 4 is 38.6 Å². The lowest BCUT2D eigenvalue weighted by Gasteiger charge is -2.22. The number of pyridine rings is 1. The van der Waals surface area contributed by atoms with E-state index >= 15 is 0 Å². The quantitative estimate of drug-likeness (QED) is 0.272. The van der Waals surface area contributed by atoms with Crippen LogP contribution in [0.1, 0.15) is 29.7 Å². The van der Waals surface area contributed by atoms with Gasteiger partial charge in [0.1, 0.15) is 40.9 Å². The van der Waals surface area contributed by atoms with Gasteiger partial charge in [0.15, 0.2) is 5.03 Å². The number of aliphatic hydroxyl groups is 1. The summed E-state index contributed by atoms with van der Waals surface area (Å²) in [6.45, 7) is 1.21. The first kappa shape index (κ1) is 28.5. The highest BCUT2D eigenvalue weighted by molar-refractivity contribution is 7.90. The lowest BCUT2D eigenvalue weighted by Crippen LogP contribution is -2.23. The number of rotatable bonds is 9. The van der Waals surface area contributed by atoms with E-state index in [2.05, 4.69) is 16.0 Å². The SMILES string of the molecule is N#Cc1c(N2CCCC2)nc(S(=O)(=O)Cc2csc(-c3ccc(Cl)cc3)n2)c(C#N)c1-c1ccc(OCCO)cc1. The van der Waals surface area contributed by atoms with Crippen LogP contribution in [-0.4, -0.2) is 49.8 Å². The number of halogens is 1. The maximum absolute atomic E-state index is 13.9. The normalized spacial score (nSPS) is 13.1. The minimum atomic E-state index is -4.16. The highest BCUT2D eigenvalue weighted by Gasteiger charge is 2.32. The van der Waals surface area contributed by atoms with Gasteiger partial charge in [0, 0.05) is 34.6 Å². The summed E-state index contributed by atoms with van der Waals surface area (Å²) < 4.78 is 33.2. The Balaban J connectivity index is 1.61. The van der Waals surface area contributed by atoms with Crippen LogP contribution in [0.3, 0.4) is 0 Å². The number of hydrogen-bond donors (Lipinski definition) is 1. The number of nitriles is 2. The van der Waals surface area contributed by atoms with E-state index in [9.17, 15) is 18.9 Å². The predicted octanol–water partition coefficient (Wildman–Crippen LogP) is 5.21. The average Bonchev–Trinajstić information content (AvgIpc) is 3.68. The molecule has 0 spiro atoms. The van der Waals surface area contributed by atoms with Gasteiger partial charge >= 0.3 is 0 Å². The van der Waals surface area contributed by atoms with Crippen LogP contribution in [0, 0.1) is 22.7 Å². The fourth-order valence-electron chi connectivity index (χ4n) is 4.68. The maximum atomic E-state index is 13.9. The van der Waals surface area contributed by atoms with E-state index in [-0.39, 0.29) is 40.7 Å². The highest BCUT2D eigenvalue weighted by atomic mass is 35.5. The van der Waals surface area contributed by atoms with Crippen molar-refractivity contribution in [2.45, 2.75) is 23.6 Å². The standard InChI is InChI=1S/C29H24ClN5O4S2/c30-21-7-3-20(4-8-21)28-33-22(17-40-28)18-41(37,38)29-25(16-32)26(19-5-9-23(10-6-19)39-14-13-36)24(15-31)27(34-29)35-11-1-2-12-35/h3-10,17,36H,1-2,11-14,18H2. The van der Waals surface area contributed by atoms with E-state index in [4.69, 9.17) is 21.4 Å². The molecule has 9 nitrogen and oxygen atoms in total. The molecule has 2 aromatic carbocycles. The topological polar surface area (TPSA) is 140 Å². The molecular formula is C29H24ClN5O4S2. The van der Waals surface area contributed by atoms with Gasteiger partial charge in [0.25, 0.3) is 0 Å². The van der Waals surface area contributed by atoms with Crippen LogP contribution in [0.5, 0.6) is 5.75 Å².